The number of ether oxygens (including phenoxy) is 2. The van der Waals surface area contributed by atoms with Crippen molar-refractivity contribution in [2.24, 2.45) is 0 Å². The van der Waals surface area contributed by atoms with Crippen molar-refractivity contribution >= 4 is 0 Å². The van der Waals surface area contributed by atoms with Gasteiger partial charge in [0.1, 0.15) is 23.1 Å². The Hall–Kier alpha value is -2.10. The molecule has 0 N–H and O–H groups in total. The summed E-state index contributed by atoms with van der Waals surface area (Å²) in [5.41, 5.74) is 2.08. The normalized spacial score (nSPS) is 13.6. The molecular weight excluding hydrogens is 262 g/mol. The third-order valence-corrected chi connectivity index (χ3v) is 3.42. The second kappa shape index (κ2) is 5.12. The van der Waals surface area contributed by atoms with E-state index in [4.69, 9.17) is 9.47 Å². The summed E-state index contributed by atoms with van der Waals surface area (Å²) in [6.07, 6.45) is 1.65. The Morgan fingerprint density at radius 3 is 2.70 bits per heavy atom. The monoisotopic (exact) mass is 276 g/mol. The molecule has 2 nitrogen and oxygen atoms in total. The van der Waals surface area contributed by atoms with E-state index < -0.39 is 5.82 Å². The molecule has 4 heteroatoms. The van der Waals surface area contributed by atoms with Crippen LogP contribution in [0.4, 0.5) is 8.78 Å². The number of hydrogen-bond donors (Lipinski definition) is 0. The Labute approximate surface area is 116 Å². The predicted octanol–water partition coefficient (Wildman–Crippen LogP) is 3.97. The van der Waals surface area contributed by atoms with Crippen LogP contribution in [0.2, 0.25) is 0 Å². The standard InChI is InChI=1S/C16H14F2O2/c1-19-15-9-11(17)4-5-13(15)14-8-12(18)7-10-3-2-6-20-16(10)14/h4-5,7-9H,2-3,6H2,1H3. The van der Waals surface area contributed by atoms with Crippen molar-refractivity contribution in [2.45, 2.75) is 12.8 Å². The second-order valence-electron chi connectivity index (χ2n) is 4.74. The first kappa shape index (κ1) is 12.9. The molecule has 2 aromatic carbocycles. The molecule has 0 aromatic heterocycles. The van der Waals surface area contributed by atoms with Gasteiger partial charge < -0.3 is 9.47 Å². The van der Waals surface area contributed by atoms with Crippen molar-refractivity contribution in [1.82, 2.24) is 0 Å². The molecule has 0 radical (unpaired) electrons. The highest BCUT2D eigenvalue weighted by molar-refractivity contribution is 5.77. The van der Waals surface area contributed by atoms with E-state index in [2.05, 4.69) is 0 Å². The molecule has 104 valence electrons. The molecule has 0 saturated heterocycles. The maximum absolute atomic E-state index is 13.8. The lowest BCUT2D eigenvalue weighted by Crippen LogP contribution is -2.10. The quantitative estimate of drug-likeness (QED) is 0.826. The van der Waals surface area contributed by atoms with Crippen LogP contribution in [0.1, 0.15) is 12.0 Å². The lowest BCUT2D eigenvalue weighted by molar-refractivity contribution is 0.288. The molecule has 0 aliphatic carbocycles. The zero-order valence-electron chi connectivity index (χ0n) is 11.1. The highest BCUT2D eigenvalue weighted by Gasteiger charge is 2.20. The molecule has 0 amide bonds. The van der Waals surface area contributed by atoms with Gasteiger partial charge in [0.15, 0.2) is 0 Å². The van der Waals surface area contributed by atoms with Crippen molar-refractivity contribution in [3.8, 4) is 22.6 Å². The Morgan fingerprint density at radius 1 is 1.05 bits per heavy atom. The van der Waals surface area contributed by atoms with E-state index in [9.17, 15) is 8.78 Å². The molecule has 0 atom stereocenters. The molecule has 0 saturated carbocycles. The van der Waals surface area contributed by atoms with Crippen molar-refractivity contribution in [1.29, 1.82) is 0 Å². The maximum Gasteiger partial charge on any atom is 0.130 e. The molecular formula is C16H14F2O2. The SMILES string of the molecule is COc1cc(F)ccc1-c1cc(F)cc2c1OCCC2. The van der Waals surface area contributed by atoms with Gasteiger partial charge in [0.2, 0.25) is 0 Å². The van der Waals surface area contributed by atoms with E-state index >= 15 is 0 Å². The minimum Gasteiger partial charge on any atom is -0.496 e. The van der Waals surface area contributed by atoms with Gasteiger partial charge in [-0.3, -0.25) is 0 Å². The van der Waals surface area contributed by atoms with Crippen molar-refractivity contribution in [3.05, 3.63) is 47.5 Å². The average Bonchev–Trinajstić information content (AvgIpc) is 2.46. The van der Waals surface area contributed by atoms with Gasteiger partial charge in [-0.15, -0.1) is 0 Å². The van der Waals surface area contributed by atoms with Crippen LogP contribution < -0.4 is 9.47 Å². The molecule has 2 aromatic rings. The van der Waals surface area contributed by atoms with Crippen molar-refractivity contribution in [3.63, 3.8) is 0 Å². The smallest absolute Gasteiger partial charge is 0.130 e. The van der Waals surface area contributed by atoms with Gasteiger partial charge >= 0.3 is 0 Å². The van der Waals surface area contributed by atoms with Gasteiger partial charge in [0.25, 0.3) is 0 Å². The number of fused-ring (bicyclic) bond motifs is 1. The van der Waals surface area contributed by atoms with Gasteiger partial charge in [-0.1, -0.05) is 0 Å². The maximum atomic E-state index is 13.8. The Kier molecular flexibility index (Phi) is 3.30. The van der Waals surface area contributed by atoms with E-state index in [-0.39, 0.29) is 5.82 Å². The lowest BCUT2D eigenvalue weighted by Gasteiger charge is -2.21. The fraction of sp³-hybridized carbons (Fsp3) is 0.250. The number of aryl methyl sites for hydroxylation is 1. The van der Waals surface area contributed by atoms with E-state index in [1.165, 1.54) is 31.4 Å². The molecule has 0 bridgehead atoms. The number of rotatable bonds is 2. The molecule has 1 aliphatic heterocycles. The first-order valence-electron chi connectivity index (χ1n) is 6.48. The van der Waals surface area contributed by atoms with Crippen LogP contribution in [0.25, 0.3) is 11.1 Å². The summed E-state index contributed by atoms with van der Waals surface area (Å²) in [7, 11) is 1.46. The zero-order valence-corrected chi connectivity index (χ0v) is 11.1. The number of hydrogen-bond acceptors (Lipinski definition) is 2. The summed E-state index contributed by atoms with van der Waals surface area (Å²) in [4.78, 5) is 0. The molecule has 1 heterocycles. The van der Waals surface area contributed by atoms with Gasteiger partial charge in [0, 0.05) is 17.2 Å². The number of halogens is 2. The Morgan fingerprint density at radius 2 is 1.90 bits per heavy atom. The average molecular weight is 276 g/mol. The van der Waals surface area contributed by atoms with Crippen LogP contribution in [0.3, 0.4) is 0 Å². The van der Waals surface area contributed by atoms with E-state index in [0.29, 0.717) is 29.2 Å². The van der Waals surface area contributed by atoms with Crippen LogP contribution in [-0.4, -0.2) is 13.7 Å². The number of methoxy groups -OCH3 is 1. The minimum absolute atomic E-state index is 0.323. The minimum atomic E-state index is -0.392. The summed E-state index contributed by atoms with van der Waals surface area (Å²) < 4.78 is 37.9. The van der Waals surface area contributed by atoms with Gasteiger partial charge in [-0.25, -0.2) is 8.78 Å². The Bertz CT molecular complexity index is 653. The highest BCUT2D eigenvalue weighted by Crippen LogP contribution is 2.41. The van der Waals surface area contributed by atoms with Crippen LogP contribution in [-0.2, 0) is 6.42 Å². The topological polar surface area (TPSA) is 18.5 Å². The van der Waals surface area contributed by atoms with Gasteiger partial charge in [-0.05, 0) is 42.7 Å². The zero-order chi connectivity index (χ0) is 14.1. The third-order valence-electron chi connectivity index (χ3n) is 3.42. The van der Waals surface area contributed by atoms with Gasteiger partial charge in [0.05, 0.1) is 13.7 Å². The summed E-state index contributed by atoms with van der Waals surface area (Å²) in [6, 6.07) is 7.10. The first-order chi connectivity index (χ1) is 9.69. The molecule has 3 rings (SSSR count). The first-order valence-corrected chi connectivity index (χ1v) is 6.48. The fourth-order valence-electron chi connectivity index (χ4n) is 2.53. The Balaban J connectivity index is 2.21. The molecule has 1 aliphatic rings. The van der Waals surface area contributed by atoms with Crippen LogP contribution >= 0.6 is 0 Å². The lowest BCUT2D eigenvalue weighted by atomic mass is 9.96. The molecule has 0 spiro atoms. The number of benzene rings is 2. The summed E-state index contributed by atoms with van der Waals surface area (Å²) in [5.74, 6) is 0.321. The summed E-state index contributed by atoms with van der Waals surface area (Å²) in [5, 5.41) is 0. The third kappa shape index (κ3) is 2.22. The predicted molar refractivity (Wildman–Crippen MR) is 72.2 cm³/mol. The van der Waals surface area contributed by atoms with Crippen LogP contribution in [0.15, 0.2) is 30.3 Å². The highest BCUT2D eigenvalue weighted by atomic mass is 19.1. The van der Waals surface area contributed by atoms with Crippen LogP contribution in [0, 0.1) is 11.6 Å². The van der Waals surface area contributed by atoms with E-state index in [1.54, 1.807) is 6.07 Å². The second-order valence-corrected chi connectivity index (χ2v) is 4.74. The summed E-state index contributed by atoms with van der Waals surface area (Å²) in [6.45, 7) is 0.606. The fourth-order valence-corrected chi connectivity index (χ4v) is 2.53. The van der Waals surface area contributed by atoms with Crippen molar-refractivity contribution < 1.29 is 18.3 Å². The van der Waals surface area contributed by atoms with E-state index in [0.717, 1.165) is 18.4 Å². The van der Waals surface area contributed by atoms with Gasteiger partial charge in [-0.2, -0.15) is 0 Å². The summed E-state index contributed by atoms with van der Waals surface area (Å²) >= 11 is 0. The largest absolute Gasteiger partial charge is 0.496 e. The van der Waals surface area contributed by atoms with E-state index in [1.807, 2.05) is 0 Å². The molecule has 0 unspecified atom stereocenters. The van der Waals surface area contributed by atoms with Crippen LogP contribution in [0.5, 0.6) is 11.5 Å². The van der Waals surface area contributed by atoms with Crippen molar-refractivity contribution in [2.75, 3.05) is 13.7 Å². The molecule has 20 heavy (non-hydrogen) atoms. The molecule has 0 fully saturated rings.